The smallest absolute Gasteiger partial charge is 0.190 e. The third kappa shape index (κ3) is 1.39. The number of nitrogens with two attached hydrogens (primary N) is 1. The molecule has 0 heterocycles. The fourth-order valence-corrected chi connectivity index (χ4v) is 0.677. The zero-order valence-corrected chi connectivity index (χ0v) is 5.40. The van der Waals surface area contributed by atoms with Crippen LogP contribution >= 0.6 is 0 Å². The van der Waals surface area contributed by atoms with Crippen LogP contribution in [0.25, 0.3) is 0 Å². The van der Waals surface area contributed by atoms with Gasteiger partial charge in [0.25, 0.3) is 0 Å². The van der Waals surface area contributed by atoms with Crippen molar-refractivity contribution in [2.75, 3.05) is 12.8 Å². The van der Waals surface area contributed by atoms with Crippen LogP contribution in [0.3, 0.4) is 0 Å². The highest BCUT2D eigenvalue weighted by molar-refractivity contribution is 5.43. The Bertz CT molecular complexity index is 330. The monoisotopic (exact) mass is 162 g/mol. The molecule has 0 aliphatic carbocycles. The van der Waals surface area contributed by atoms with E-state index in [0.29, 0.717) is 0 Å². The molecule has 0 atom stereocenters. The Morgan fingerprint density at radius 3 is 2.45 bits per heavy atom. The van der Waals surface area contributed by atoms with Gasteiger partial charge in [0.1, 0.15) is 0 Å². The van der Waals surface area contributed by atoms with Gasteiger partial charge in [-0.1, -0.05) is 0 Å². The molecule has 0 radical (unpaired) electrons. The van der Waals surface area contributed by atoms with Crippen molar-refractivity contribution >= 4 is 5.69 Å². The van der Waals surface area contributed by atoms with Crippen molar-refractivity contribution < 1.29 is 17.6 Å². The van der Waals surface area contributed by atoms with E-state index < -0.39 is 24.4 Å². The second kappa shape index (κ2) is 2.74. The van der Waals surface area contributed by atoms with Gasteiger partial charge in [-0.25, -0.2) is 8.78 Å². The molecular formula is C7H7F2NO. The van der Waals surface area contributed by atoms with Gasteiger partial charge in [0, 0.05) is 17.8 Å². The van der Waals surface area contributed by atoms with Gasteiger partial charge in [0.15, 0.2) is 17.4 Å². The maximum atomic E-state index is 12.9. The van der Waals surface area contributed by atoms with Crippen molar-refractivity contribution in [1.82, 2.24) is 0 Å². The first-order chi connectivity index (χ1) is 6.29. The highest BCUT2D eigenvalue weighted by Crippen LogP contribution is 2.23. The Balaban J connectivity index is 3.09. The van der Waals surface area contributed by atoms with Gasteiger partial charge in [0.2, 0.25) is 0 Å². The molecule has 0 saturated carbocycles. The lowest BCUT2D eigenvalue weighted by Gasteiger charge is -2.03. The predicted octanol–water partition coefficient (Wildman–Crippen LogP) is 1.56. The van der Waals surface area contributed by atoms with Crippen LogP contribution in [0.15, 0.2) is 12.1 Å². The van der Waals surface area contributed by atoms with Gasteiger partial charge < -0.3 is 10.5 Å². The number of rotatable bonds is 1. The number of methoxy groups -OCH3 is 1. The Morgan fingerprint density at radius 1 is 1.45 bits per heavy atom. The van der Waals surface area contributed by atoms with E-state index in [0.717, 1.165) is 12.1 Å². The van der Waals surface area contributed by atoms with Gasteiger partial charge in [-0.3, -0.25) is 0 Å². The van der Waals surface area contributed by atoms with Crippen LogP contribution in [0.2, 0.25) is 0 Å². The normalized spacial score (nSPS) is 14.9. The first-order valence-corrected chi connectivity index (χ1v) is 2.73. The third-order valence-electron chi connectivity index (χ3n) is 1.12. The largest absolute Gasteiger partial charge is 0.491 e. The van der Waals surface area contributed by atoms with Crippen molar-refractivity contribution in [3.8, 4) is 5.75 Å². The highest BCUT2D eigenvalue weighted by Gasteiger charge is 2.09. The second-order valence-corrected chi connectivity index (χ2v) is 1.92. The predicted molar refractivity (Wildman–Crippen MR) is 37.3 cm³/mol. The second-order valence-electron chi connectivity index (χ2n) is 1.92. The number of hydrogen-bond acceptors (Lipinski definition) is 2. The maximum absolute atomic E-state index is 12.9. The van der Waals surface area contributed by atoms with Crippen LogP contribution in [0.4, 0.5) is 14.5 Å². The minimum Gasteiger partial charge on any atom is -0.491 e. The molecule has 1 aromatic carbocycles. The van der Waals surface area contributed by atoms with Crippen molar-refractivity contribution in [2.24, 2.45) is 0 Å². The molecule has 0 fully saturated rings. The van der Waals surface area contributed by atoms with E-state index in [1.807, 2.05) is 0 Å². The first kappa shape index (κ1) is 4.54. The fourth-order valence-electron chi connectivity index (χ4n) is 0.677. The van der Waals surface area contributed by atoms with Crippen molar-refractivity contribution in [1.29, 1.82) is 0 Å². The summed E-state index contributed by atoms with van der Waals surface area (Å²) in [6, 6.07) is 1.56. The van der Waals surface area contributed by atoms with E-state index in [9.17, 15) is 8.78 Å². The molecule has 0 aliphatic rings. The molecule has 0 aliphatic heterocycles. The Hall–Kier alpha value is -1.32. The lowest BCUT2D eigenvalue weighted by Crippen LogP contribution is -1.95. The van der Waals surface area contributed by atoms with E-state index in [4.69, 9.17) is 9.85 Å². The number of nitrogen functional groups attached to an aromatic ring is 1. The number of hydrogen-bond donors (Lipinski definition) is 1. The third-order valence-corrected chi connectivity index (χ3v) is 1.12. The summed E-state index contributed by atoms with van der Waals surface area (Å²) in [5, 5.41) is 0. The van der Waals surface area contributed by atoms with E-state index in [1.54, 1.807) is 0 Å². The van der Waals surface area contributed by atoms with Gasteiger partial charge in [0.05, 0.1) is 11.2 Å². The topological polar surface area (TPSA) is 35.2 Å². The van der Waals surface area contributed by atoms with Crippen LogP contribution < -0.4 is 10.5 Å². The van der Waals surface area contributed by atoms with E-state index in [2.05, 4.69) is 4.74 Å². The molecule has 60 valence electrons. The molecule has 1 rings (SSSR count). The zero-order chi connectivity index (χ0) is 10.9. The lowest BCUT2D eigenvalue weighted by molar-refractivity contribution is 0.360. The summed E-state index contributed by atoms with van der Waals surface area (Å²) in [4.78, 5) is 0. The van der Waals surface area contributed by atoms with Crippen molar-refractivity contribution in [2.45, 2.75) is 0 Å². The van der Waals surface area contributed by atoms with Crippen molar-refractivity contribution in [3.63, 3.8) is 0 Å². The highest BCUT2D eigenvalue weighted by atomic mass is 19.1. The molecule has 4 heteroatoms. The summed E-state index contributed by atoms with van der Waals surface area (Å²) in [6.07, 6.45) is 0. The summed E-state index contributed by atoms with van der Waals surface area (Å²) in [5.74, 6) is -3.23. The summed E-state index contributed by atoms with van der Waals surface area (Å²) >= 11 is 0. The molecule has 2 N–H and O–H groups in total. The fraction of sp³-hybridized carbons (Fsp3) is 0.143. The van der Waals surface area contributed by atoms with Crippen molar-refractivity contribution in [3.05, 3.63) is 23.8 Å². The summed E-state index contributed by atoms with van der Waals surface area (Å²) in [6.45, 7) is 0. The van der Waals surface area contributed by atoms with E-state index in [-0.39, 0.29) is 5.69 Å². The molecule has 0 amide bonds. The minimum absolute atomic E-state index is 0.141. The lowest BCUT2D eigenvalue weighted by atomic mass is 10.3. The van der Waals surface area contributed by atoms with Gasteiger partial charge in [-0.2, -0.15) is 0 Å². The molecular weight excluding hydrogens is 152 g/mol. The Kier molecular flexibility index (Phi) is 1.13. The standard InChI is InChI=1S/C7H7F2NO/c1-11-7-5(8)2-4(10)3-6(7)9/h2-3H,10H2,1H3/i1D3. The minimum atomic E-state index is -2.89. The Morgan fingerprint density at radius 2 is 2.00 bits per heavy atom. The maximum Gasteiger partial charge on any atom is 0.190 e. The average Bonchev–Trinajstić information content (AvgIpc) is 1.95. The molecule has 0 unspecified atom stereocenters. The van der Waals surface area contributed by atoms with Gasteiger partial charge >= 0.3 is 0 Å². The molecule has 0 spiro atoms. The number of ether oxygens (including phenoxy) is 1. The molecule has 0 bridgehead atoms. The van der Waals surface area contributed by atoms with Crippen LogP contribution in [0, 0.1) is 11.6 Å². The van der Waals surface area contributed by atoms with Crippen LogP contribution in [-0.4, -0.2) is 7.04 Å². The SMILES string of the molecule is [2H]C([2H])([2H])Oc1c(F)cc(N)cc1F. The quantitative estimate of drug-likeness (QED) is 0.636. The summed E-state index contributed by atoms with van der Waals surface area (Å²) in [5.41, 5.74) is 4.98. The zero-order valence-electron chi connectivity index (χ0n) is 8.40. The Labute approximate surface area is 66.8 Å². The molecule has 0 aromatic heterocycles. The van der Waals surface area contributed by atoms with Crippen LogP contribution in [0.5, 0.6) is 5.75 Å². The number of halogens is 2. The number of anilines is 1. The van der Waals surface area contributed by atoms with E-state index >= 15 is 0 Å². The molecule has 0 saturated heterocycles. The van der Waals surface area contributed by atoms with Gasteiger partial charge in [-0.05, 0) is 0 Å². The van der Waals surface area contributed by atoms with Crippen LogP contribution in [0.1, 0.15) is 4.11 Å². The molecule has 11 heavy (non-hydrogen) atoms. The molecule has 2 nitrogen and oxygen atoms in total. The van der Waals surface area contributed by atoms with Crippen LogP contribution in [-0.2, 0) is 0 Å². The summed E-state index contributed by atoms with van der Waals surface area (Å²) < 4.78 is 50.0. The van der Waals surface area contributed by atoms with E-state index in [1.165, 1.54) is 0 Å². The van der Waals surface area contributed by atoms with Gasteiger partial charge in [-0.15, -0.1) is 0 Å². The first-order valence-electron chi connectivity index (χ1n) is 4.23. The average molecular weight is 162 g/mol. The molecule has 1 aromatic rings. The summed E-state index contributed by atoms with van der Waals surface area (Å²) in [7, 11) is -2.89. The number of benzene rings is 1.